The molecule has 1 rings (SSSR count). The van der Waals surface area contributed by atoms with Gasteiger partial charge >= 0.3 is 0 Å². The van der Waals surface area contributed by atoms with Crippen molar-refractivity contribution in [2.45, 2.75) is 65.1 Å². The number of rotatable bonds is 3. The molecule has 0 radical (unpaired) electrons. The van der Waals surface area contributed by atoms with Gasteiger partial charge in [-0.2, -0.15) is 0 Å². The molecule has 0 aliphatic carbocycles. The Morgan fingerprint density at radius 3 is 2.57 bits per heavy atom. The zero-order valence-electron chi connectivity index (χ0n) is 10.2. The highest BCUT2D eigenvalue weighted by molar-refractivity contribution is 4.85. The van der Waals surface area contributed by atoms with Crippen molar-refractivity contribution in [3.05, 3.63) is 0 Å². The van der Waals surface area contributed by atoms with Gasteiger partial charge in [-0.05, 0) is 45.6 Å². The van der Waals surface area contributed by atoms with Crippen LogP contribution in [0.4, 0.5) is 0 Å². The first-order valence-electron chi connectivity index (χ1n) is 6.07. The highest BCUT2D eigenvalue weighted by Crippen LogP contribution is 2.24. The van der Waals surface area contributed by atoms with Gasteiger partial charge in [0.25, 0.3) is 0 Å². The highest BCUT2D eigenvalue weighted by Gasteiger charge is 2.28. The van der Waals surface area contributed by atoms with E-state index in [1.807, 2.05) is 0 Å². The van der Waals surface area contributed by atoms with E-state index >= 15 is 0 Å². The molecule has 4 atom stereocenters. The van der Waals surface area contributed by atoms with E-state index in [-0.39, 0.29) is 0 Å². The second-order valence-corrected chi connectivity index (χ2v) is 5.03. The molecule has 1 aliphatic rings. The fourth-order valence-corrected chi connectivity index (χ4v) is 2.62. The lowest BCUT2D eigenvalue weighted by Gasteiger charge is -2.42. The summed E-state index contributed by atoms with van der Waals surface area (Å²) < 4.78 is 0. The van der Waals surface area contributed by atoms with Gasteiger partial charge in [-0.15, -0.1) is 0 Å². The van der Waals surface area contributed by atoms with Gasteiger partial charge in [0, 0.05) is 18.1 Å². The number of nitrogens with two attached hydrogens (primary N) is 1. The standard InChI is InChI=1S/C12H26N2/c1-5-12(13)11(4)14-7-6-9(2)8-10(14)3/h9-12H,5-8,13H2,1-4H3. The molecule has 0 spiro atoms. The topological polar surface area (TPSA) is 29.3 Å². The van der Waals surface area contributed by atoms with Crippen LogP contribution in [0.2, 0.25) is 0 Å². The number of piperidine rings is 1. The van der Waals surface area contributed by atoms with Gasteiger partial charge in [-0.3, -0.25) is 4.90 Å². The fourth-order valence-electron chi connectivity index (χ4n) is 2.62. The van der Waals surface area contributed by atoms with Crippen molar-refractivity contribution in [1.82, 2.24) is 4.90 Å². The summed E-state index contributed by atoms with van der Waals surface area (Å²) in [5.74, 6) is 0.895. The zero-order valence-corrected chi connectivity index (χ0v) is 10.2. The Bertz CT molecular complexity index is 170. The molecule has 4 unspecified atom stereocenters. The van der Waals surface area contributed by atoms with E-state index in [0.29, 0.717) is 18.1 Å². The van der Waals surface area contributed by atoms with E-state index in [2.05, 4.69) is 32.6 Å². The van der Waals surface area contributed by atoms with Crippen LogP contribution in [0.5, 0.6) is 0 Å². The molecule has 0 saturated carbocycles. The summed E-state index contributed by atoms with van der Waals surface area (Å²) in [4.78, 5) is 2.59. The smallest absolute Gasteiger partial charge is 0.0221 e. The third-order valence-corrected chi connectivity index (χ3v) is 3.80. The van der Waals surface area contributed by atoms with Crippen molar-refractivity contribution >= 4 is 0 Å². The van der Waals surface area contributed by atoms with Gasteiger partial charge in [0.05, 0.1) is 0 Å². The lowest BCUT2D eigenvalue weighted by Crippen LogP contribution is -2.52. The first kappa shape index (κ1) is 12.0. The Labute approximate surface area is 88.8 Å². The van der Waals surface area contributed by atoms with E-state index in [1.54, 1.807) is 0 Å². The monoisotopic (exact) mass is 198 g/mol. The summed E-state index contributed by atoms with van der Waals surface area (Å²) >= 11 is 0. The molecule has 0 aromatic rings. The van der Waals surface area contributed by atoms with E-state index in [0.717, 1.165) is 12.3 Å². The first-order valence-corrected chi connectivity index (χ1v) is 6.07. The molecule has 1 aliphatic heterocycles. The van der Waals surface area contributed by atoms with E-state index in [1.165, 1.54) is 19.4 Å². The molecule has 1 saturated heterocycles. The predicted molar refractivity (Wildman–Crippen MR) is 62.3 cm³/mol. The van der Waals surface area contributed by atoms with Gasteiger partial charge in [-0.1, -0.05) is 13.8 Å². The number of hydrogen-bond acceptors (Lipinski definition) is 2. The molecule has 0 aromatic heterocycles. The van der Waals surface area contributed by atoms with Crippen molar-refractivity contribution in [2.75, 3.05) is 6.54 Å². The Balaban J connectivity index is 2.51. The van der Waals surface area contributed by atoms with Crippen LogP contribution >= 0.6 is 0 Å². The maximum absolute atomic E-state index is 6.10. The fraction of sp³-hybridized carbons (Fsp3) is 1.00. The first-order chi connectivity index (χ1) is 6.56. The quantitative estimate of drug-likeness (QED) is 0.753. The normalized spacial score (nSPS) is 34.1. The molecule has 0 bridgehead atoms. The van der Waals surface area contributed by atoms with Crippen LogP contribution in [0.1, 0.15) is 47.0 Å². The van der Waals surface area contributed by atoms with Crippen molar-refractivity contribution < 1.29 is 0 Å². The SMILES string of the molecule is CCC(N)C(C)N1CCC(C)CC1C. The minimum Gasteiger partial charge on any atom is -0.326 e. The number of nitrogens with zero attached hydrogens (tertiary/aromatic N) is 1. The van der Waals surface area contributed by atoms with Crippen LogP contribution in [0, 0.1) is 5.92 Å². The van der Waals surface area contributed by atoms with Crippen LogP contribution in [-0.2, 0) is 0 Å². The van der Waals surface area contributed by atoms with E-state index < -0.39 is 0 Å². The molecular weight excluding hydrogens is 172 g/mol. The molecular formula is C12H26N2. The average molecular weight is 198 g/mol. The summed E-state index contributed by atoms with van der Waals surface area (Å²) in [5.41, 5.74) is 6.10. The molecule has 0 amide bonds. The average Bonchev–Trinajstić information content (AvgIpc) is 2.15. The Hall–Kier alpha value is -0.0800. The van der Waals surface area contributed by atoms with Crippen LogP contribution in [0.25, 0.3) is 0 Å². The number of hydrogen-bond donors (Lipinski definition) is 1. The molecule has 84 valence electrons. The maximum atomic E-state index is 6.10. The summed E-state index contributed by atoms with van der Waals surface area (Å²) in [6, 6.07) is 1.60. The third-order valence-electron chi connectivity index (χ3n) is 3.80. The minimum absolute atomic E-state index is 0.339. The van der Waals surface area contributed by atoms with Crippen molar-refractivity contribution in [3.63, 3.8) is 0 Å². The van der Waals surface area contributed by atoms with Crippen molar-refractivity contribution in [3.8, 4) is 0 Å². The summed E-state index contributed by atoms with van der Waals surface area (Å²) in [5, 5.41) is 0. The summed E-state index contributed by atoms with van der Waals surface area (Å²) in [6.45, 7) is 10.4. The van der Waals surface area contributed by atoms with Crippen LogP contribution in [0.15, 0.2) is 0 Å². The summed E-state index contributed by atoms with van der Waals surface area (Å²) in [7, 11) is 0. The van der Waals surface area contributed by atoms with Gasteiger partial charge in [0.2, 0.25) is 0 Å². The lowest BCUT2D eigenvalue weighted by atomic mass is 9.91. The Morgan fingerprint density at radius 2 is 2.07 bits per heavy atom. The second-order valence-electron chi connectivity index (χ2n) is 5.03. The molecule has 2 nitrogen and oxygen atoms in total. The molecule has 2 heteroatoms. The van der Waals surface area contributed by atoms with Crippen molar-refractivity contribution in [2.24, 2.45) is 11.7 Å². The van der Waals surface area contributed by atoms with Crippen LogP contribution < -0.4 is 5.73 Å². The van der Waals surface area contributed by atoms with Gasteiger partial charge in [-0.25, -0.2) is 0 Å². The molecule has 1 heterocycles. The van der Waals surface area contributed by atoms with Gasteiger partial charge < -0.3 is 5.73 Å². The molecule has 1 fully saturated rings. The number of likely N-dealkylation sites (tertiary alicyclic amines) is 1. The Kier molecular flexibility index (Phi) is 4.39. The molecule has 0 aromatic carbocycles. The molecule has 14 heavy (non-hydrogen) atoms. The zero-order chi connectivity index (χ0) is 10.7. The third kappa shape index (κ3) is 2.71. The van der Waals surface area contributed by atoms with E-state index in [9.17, 15) is 0 Å². The predicted octanol–water partition coefficient (Wildman–Crippen LogP) is 2.23. The largest absolute Gasteiger partial charge is 0.326 e. The maximum Gasteiger partial charge on any atom is 0.0221 e. The van der Waals surface area contributed by atoms with Crippen LogP contribution in [0.3, 0.4) is 0 Å². The Morgan fingerprint density at radius 1 is 1.43 bits per heavy atom. The lowest BCUT2D eigenvalue weighted by molar-refractivity contribution is 0.0765. The highest BCUT2D eigenvalue weighted by atomic mass is 15.2. The second kappa shape index (κ2) is 5.13. The van der Waals surface area contributed by atoms with Crippen LogP contribution in [-0.4, -0.2) is 29.6 Å². The summed E-state index contributed by atoms with van der Waals surface area (Å²) in [6.07, 6.45) is 3.76. The van der Waals surface area contributed by atoms with Gasteiger partial charge in [0.1, 0.15) is 0 Å². The minimum atomic E-state index is 0.339. The molecule has 2 N–H and O–H groups in total. The van der Waals surface area contributed by atoms with Crippen molar-refractivity contribution in [1.29, 1.82) is 0 Å². The van der Waals surface area contributed by atoms with Gasteiger partial charge in [0.15, 0.2) is 0 Å². The van der Waals surface area contributed by atoms with E-state index in [4.69, 9.17) is 5.73 Å².